The highest BCUT2D eigenvalue weighted by molar-refractivity contribution is 5.97. The Balaban J connectivity index is 2.36. The van der Waals surface area contributed by atoms with Crippen LogP contribution in [0.2, 0.25) is 0 Å². The SMILES string of the molecule is COC(=O)C1=Cc2cc([N+](=O)[O-])ccc2[N]1. The van der Waals surface area contributed by atoms with Crippen molar-refractivity contribution >= 4 is 23.4 Å². The Labute approximate surface area is 90.7 Å². The third-order valence-corrected chi connectivity index (χ3v) is 2.15. The summed E-state index contributed by atoms with van der Waals surface area (Å²) in [4.78, 5) is 21.2. The molecule has 16 heavy (non-hydrogen) atoms. The van der Waals surface area contributed by atoms with Gasteiger partial charge in [0.2, 0.25) is 0 Å². The van der Waals surface area contributed by atoms with Crippen LogP contribution in [0.25, 0.3) is 6.08 Å². The van der Waals surface area contributed by atoms with Crippen LogP contribution in [0, 0.1) is 10.1 Å². The minimum atomic E-state index is -0.557. The summed E-state index contributed by atoms with van der Waals surface area (Å²) in [6, 6.07) is 4.21. The van der Waals surface area contributed by atoms with Crippen LogP contribution in [0.5, 0.6) is 0 Å². The number of benzene rings is 1. The smallest absolute Gasteiger partial charge is 0.356 e. The van der Waals surface area contributed by atoms with Crippen molar-refractivity contribution in [2.45, 2.75) is 0 Å². The maximum atomic E-state index is 11.2. The second-order valence-electron chi connectivity index (χ2n) is 3.13. The van der Waals surface area contributed by atoms with Gasteiger partial charge < -0.3 is 4.74 Å². The molecule has 1 aliphatic rings. The van der Waals surface area contributed by atoms with Crippen molar-refractivity contribution in [1.29, 1.82) is 0 Å². The highest BCUT2D eigenvalue weighted by Crippen LogP contribution is 2.30. The van der Waals surface area contributed by atoms with Crippen molar-refractivity contribution in [3.63, 3.8) is 0 Å². The van der Waals surface area contributed by atoms with E-state index in [1.54, 1.807) is 0 Å². The predicted octanol–water partition coefficient (Wildman–Crippen LogP) is 1.36. The number of carbonyl (C=O) groups is 1. The minimum Gasteiger partial charge on any atom is -0.464 e. The molecule has 6 heteroatoms. The van der Waals surface area contributed by atoms with Crippen LogP contribution in [0.15, 0.2) is 23.9 Å². The summed E-state index contributed by atoms with van der Waals surface area (Å²) >= 11 is 0. The molecule has 0 bridgehead atoms. The number of methoxy groups -OCH3 is 1. The molecule has 0 aromatic heterocycles. The maximum Gasteiger partial charge on any atom is 0.356 e. The number of hydrogen-bond donors (Lipinski definition) is 0. The molecule has 0 saturated carbocycles. The highest BCUT2D eigenvalue weighted by atomic mass is 16.6. The Morgan fingerprint density at radius 2 is 2.25 bits per heavy atom. The number of esters is 1. The van der Waals surface area contributed by atoms with Gasteiger partial charge in [0.15, 0.2) is 0 Å². The lowest BCUT2D eigenvalue weighted by Gasteiger charge is -1.99. The summed E-state index contributed by atoms with van der Waals surface area (Å²) in [5.74, 6) is -0.557. The molecule has 0 aliphatic carbocycles. The zero-order valence-electron chi connectivity index (χ0n) is 8.34. The summed E-state index contributed by atoms with van der Waals surface area (Å²) in [5.41, 5.74) is 1.20. The molecule has 0 atom stereocenters. The summed E-state index contributed by atoms with van der Waals surface area (Å²) in [5, 5.41) is 14.5. The monoisotopic (exact) mass is 219 g/mol. The van der Waals surface area contributed by atoms with Gasteiger partial charge in [-0.05, 0) is 12.1 Å². The Bertz CT molecular complexity index is 508. The van der Waals surface area contributed by atoms with Gasteiger partial charge in [-0.1, -0.05) is 0 Å². The first-order valence-electron chi connectivity index (χ1n) is 4.42. The van der Waals surface area contributed by atoms with Crippen LogP contribution in [0.4, 0.5) is 11.4 Å². The van der Waals surface area contributed by atoms with E-state index >= 15 is 0 Å². The summed E-state index contributed by atoms with van der Waals surface area (Å²) in [6.45, 7) is 0. The highest BCUT2D eigenvalue weighted by Gasteiger charge is 2.22. The van der Waals surface area contributed by atoms with Gasteiger partial charge in [0.05, 0.1) is 17.7 Å². The maximum absolute atomic E-state index is 11.2. The number of fused-ring (bicyclic) bond motifs is 1. The first kappa shape index (κ1) is 10.2. The molecule has 0 amide bonds. The lowest BCUT2D eigenvalue weighted by atomic mass is 10.2. The van der Waals surface area contributed by atoms with Crippen LogP contribution in [-0.4, -0.2) is 18.0 Å². The number of ether oxygens (including phenoxy) is 1. The van der Waals surface area contributed by atoms with Crippen LogP contribution in [0.3, 0.4) is 0 Å². The molecule has 0 N–H and O–H groups in total. The molecular formula is C10H7N2O4. The van der Waals surface area contributed by atoms with E-state index in [0.717, 1.165) is 0 Å². The van der Waals surface area contributed by atoms with Crippen LogP contribution in [-0.2, 0) is 9.53 Å². The number of non-ortho nitro benzene ring substituents is 1. The molecular weight excluding hydrogens is 212 g/mol. The van der Waals surface area contributed by atoms with Crippen LogP contribution >= 0.6 is 0 Å². The first-order valence-corrected chi connectivity index (χ1v) is 4.42. The van der Waals surface area contributed by atoms with Crippen molar-refractivity contribution in [1.82, 2.24) is 5.32 Å². The third-order valence-electron chi connectivity index (χ3n) is 2.15. The quantitative estimate of drug-likeness (QED) is 0.427. The van der Waals surface area contributed by atoms with Gasteiger partial charge in [0, 0.05) is 17.7 Å². The molecule has 0 saturated heterocycles. The number of nitrogens with zero attached hydrogens (tertiary/aromatic N) is 2. The number of nitro groups is 1. The molecule has 1 aromatic rings. The van der Waals surface area contributed by atoms with E-state index in [4.69, 9.17) is 0 Å². The average molecular weight is 219 g/mol. The van der Waals surface area contributed by atoms with Gasteiger partial charge in [-0.2, -0.15) is 0 Å². The molecule has 0 unspecified atom stereocenters. The van der Waals surface area contributed by atoms with E-state index in [-0.39, 0.29) is 11.4 Å². The van der Waals surface area contributed by atoms with Gasteiger partial charge in [-0.3, -0.25) is 10.1 Å². The van der Waals surface area contributed by atoms with Gasteiger partial charge in [-0.15, -0.1) is 0 Å². The molecule has 2 rings (SSSR count). The molecule has 6 nitrogen and oxygen atoms in total. The Hall–Kier alpha value is -2.37. The summed E-state index contributed by atoms with van der Waals surface area (Å²) < 4.78 is 4.51. The fourth-order valence-electron chi connectivity index (χ4n) is 1.39. The number of rotatable bonds is 2. The van der Waals surface area contributed by atoms with E-state index in [0.29, 0.717) is 11.3 Å². The normalized spacial score (nSPS) is 12.4. The zero-order chi connectivity index (χ0) is 11.7. The van der Waals surface area contributed by atoms with Crippen LogP contribution in [0.1, 0.15) is 5.56 Å². The van der Waals surface area contributed by atoms with Crippen molar-refractivity contribution in [3.8, 4) is 0 Å². The topological polar surface area (TPSA) is 83.5 Å². The molecule has 1 aromatic carbocycles. The van der Waals surface area contributed by atoms with E-state index in [1.807, 2.05) is 0 Å². The average Bonchev–Trinajstić information content (AvgIpc) is 2.70. The standard InChI is InChI=1S/C10H7N2O4/c1-16-10(13)9-5-6-4-7(12(14)15)2-3-8(6)11-9/h2-5H,1H3. The Kier molecular flexibility index (Phi) is 2.32. The van der Waals surface area contributed by atoms with E-state index in [1.165, 1.54) is 31.4 Å². The molecule has 0 fully saturated rings. The number of nitro benzene ring substituents is 1. The molecule has 0 spiro atoms. The van der Waals surface area contributed by atoms with Crippen molar-refractivity contribution < 1.29 is 14.5 Å². The second kappa shape index (κ2) is 3.65. The van der Waals surface area contributed by atoms with E-state index in [9.17, 15) is 14.9 Å². The fraction of sp³-hybridized carbons (Fsp3) is 0.100. The predicted molar refractivity (Wildman–Crippen MR) is 54.9 cm³/mol. The van der Waals surface area contributed by atoms with Crippen molar-refractivity contribution in [2.24, 2.45) is 0 Å². The fourth-order valence-corrected chi connectivity index (χ4v) is 1.39. The summed E-state index contributed by atoms with van der Waals surface area (Å²) in [6.07, 6.45) is 1.47. The van der Waals surface area contributed by atoms with Gasteiger partial charge in [0.1, 0.15) is 5.70 Å². The lowest BCUT2D eigenvalue weighted by Crippen LogP contribution is -2.08. The minimum absolute atomic E-state index is 0.0312. The van der Waals surface area contributed by atoms with Crippen LogP contribution < -0.4 is 5.32 Å². The zero-order valence-corrected chi connectivity index (χ0v) is 8.34. The van der Waals surface area contributed by atoms with E-state index in [2.05, 4.69) is 10.1 Å². The van der Waals surface area contributed by atoms with Crippen molar-refractivity contribution in [3.05, 3.63) is 39.6 Å². The first-order chi connectivity index (χ1) is 7.61. The Morgan fingerprint density at radius 1 is 1.50 bits per heavy atom. The lowest BCUT2D eigenvalue weighted by molar-refractivity contribution is -0.384. The number of hydrogen-bond acceptors (Lipinski definition) is 4. The molecule has 1 aliphatic heterocycles. The van der Waals surface area contributed by atoms with Gasteiger partial charge >= 0.3 is 5.97 Å². The molecule has 1 radical (unpaired) electrons. The largest absolute Gasteiger partial charge is 0.464 e. The molecule has 1 heterocycles. The van der Waals surface area contributed by atoms with Gasteiger partial charge in [0.25, 0.3) is 5.69 Å². The second-order valence-corrected chi connectivity index (χ2v) is 3.13. The Morgan fingerprint density at radius 3 is 2.88 bits per heavy atom. The van der Waals surface area contributed by atoms with Crippen molar-refractivity contribution in [2.75, 3.05) is 7.11 Å². The van der Waals surface area contributed by atoms with Gasteiger partial charge in [-0.25, -0.2) is 10.1 Å². The summed E-state index contributed by atoms with van der Waals surface area (Å²) in [7, 11) is 1.25. The number of carbonyl (C=O) groups excluding carboxylic acids is 1. The van der Waals surface area contributed by atoms with E-state index < -0.39 is 10.9 Å². The molecule has 81 valence electrons. The third kappa shape index (κ3) is 1.60.